The van der Waals surface area contributed by atoms with Crippen LogP contribution >= 0.6 is 23.2 Å². The summed E-state index contributed by atoms with van der Waals surface area (Å²) in [4.78, 5) is 31.5. The first kappa shape index (κ1) is 19.6. The first-order valence-corrected chi connectivity index (χ1v) is 9.68. The fourth-order valence-electron chi connectivity index (χ4n) is 3.50. The largest absolute Gasteiger partial charge is 0.375 e. The molecule has 0 aliphatic carbocycles. The number of hydrogen-bond donors (Lipinski definition) is 1. The van der Waals surface area contributed by atoms with Crippen LogP contribution in [-0.2, 0) is 16.9 Å². The summed E-state index contributed by atoms with van der Waals surface area (Å²) in [7, 11) is 0. The lowest BCUT2D eigenvalue weighted by atomic mass is 9.89. The molecule has 1 aliphatic heterocycles. The average molecular weight is 427 g/mol. The van der Waals surface area contributed by atoms with Gasteiger partial charge in [-0.15, -0.1) is 0 Å². The molecule has 0 bridgehead atoms. The Labute approximate surface area is 177 Å². The Morgan fingerprint density at radius 3 is 2.55 bits per heavy atom. The molecule has 1 N–H and O–H groups in total. The Morgan fingerprint density at radius 1 is 1.07 bits per heavy atom. The number of carbonyl (C=O) groups is 2. The van der Waals surface area contributed by atoms with Crippen LogP contribution in [0.4, 0.5) is 5.69 Å². The number of benzene rings is 2. The minimum atomic E-state index is -2.03. The van der Waals surface area contributed by atoms with E-state index >= 15 is 0 Å². The van der Waals surface area contributed by atoms with Crippen LogP contribution in [0, 0.1) is 0 Å². The fraction of sp³-hybridized carbons (Fsp3) is 0.136. The highest BCUT2D eigenvalue weighted by Gasteiger charge is 2.51. The van der Waals surface area contributed by atoms with Crippen LogP contribution in [0.2, 0.25) is 10.0 Å². The maximum atomic E-state index is 13.3. The van der Waals surface area contributed by atoms with Gasteiger partial charge in [-0.2, -0.15) is 0 Å². The molecule has 0 spiro atoms. The smallest absolute Gasteiger partial charge is 0.264 e. The van der Waals surface area contributed by atoms with Crippen molar-refractivity contribution in [2.45, 2.75) is 18.6 Å². The van der Waals surface area contributed by atoms with Crippen molar-refractivity contribution in [3.8, 4) is 0 Å². The summed E-state index contributed by atoms with van der Waals surface area (Å²) in [6.07, 6.45) is 1.05. The highest BCUT2D eigenvalue weighted by atomic mass is 35.5. The zero-order chi connectivity index (χ0) is 20.6. The molecule has 1 amide bonds. The summed E-state index contributed by atoms with van der Waals surface area (Å²) in [6.45, 7) is 0.160. The lowest BCUT2D eigenvalue weighted by Gasteiger charge is -2.23. The third-order valence-corrected chi connectivity index (χ3v) is 5.55. The minimum Gasteiger partial charge on any atom is -0.375 e. The second-order valence-electron chi connectivity index (χ2n) is 6.82. The number of hydrogen-bond acceptors (Lipinski definition) is 4. The van der Waals surface area contributed by atoms with E-state index in [1.165, 1.54) is 17.2 Å². The number of ketones is 1. The maximum absolute atomic E-state index is 13.3. The summed E-state index contributed by atoms with van der Waals surface area (Å²) >= 11 is 12.4. The molecule has 1 atom stereocenters. The number of fused-ring (bicyclic) bond motifs is 1. The van der Waals surface area contributed by atoms with E-state index in [1.54, 1.807) is 42.5 Å². The van der Waals surface area contributed by atoms with Crippen LogP contribution in [0.3, 0.4) is 0 Å². The maximum Gasteiger partial charge on any atom is 0.264 e. The van der Waals surface area contributed by atoms with E-state index in [0.29, 0.717) is 21.3 Å². The summed E-state index contributed by atoms with van der Waals surface area (Å²) in [5.41, 5.74) is -0.330. The molecule has 1 aromatic heterocycles. The van der Waals surface area contributed by atoms with E-state index in [0.717, 1.165) is 5.56 Å². The average Bonchev–Trinajstić information content (AvgIpc) is 2.92. The Hall–Kier alpha value is -2.73. The molecule has 5 nitrogen and oxygen atoms in total. The van der Waals surface area contributed by atoms with Gasteiger partial charge in [0.2, 0.25) is 0 Å². The van der Waals surface area contributed by atoms with E-state index in [1.807, 2.05) is 12.1 Å². The van der Waals surface area contributed by atoms with Crippen molar-refractivity contribution in [1.82, 2.24) is 4.98 Å². The molecule has 3 aromatic rings. The number of pyridine rings is 1. The second kappa shape index (κ2) is 7.59. The molecule has 146 valence electrons. The predicted octanol–water partition coefficient (Wildman–Crippen LogP) is 4.40. The molecule has 0 unspecified atom stereocenters. The normalized spacial score (nSPS) is 18.0. The van der Waals surface area contributed by atoms with Gasteiger partial charge in [0.1, 0.15) is 5.69 Å². The lowest BCUT2D eigenvalue weighted by Crippen LogP contribution is -2.41. The van der Waals surface area contributed by atoms with Gasteiger partial charge >= 0.3 is 0 Å². The van der Waals surface area contributed by atoms with Crippen molar-refractivity contribution in [3.63, 3.8) is 0 Å². The molecular weight excluding hydrogens is 411 g/mol. The topological polar surface area (TPSA) is 70.5 Å². The van der Waals surface area contributed by atoms with E-state index in [4.69, 9.17) is 23.2 Å². The first-order chi connectivity index (χ1) is 13.9. The standard InChI is InChI=1S/C22H16Cl2N2O3/c23-15-8-9-19-16(11-15)22(29,12-20(27)18-7-3-4-10-25-18)21(28)26(19)13-14-5-1-2-6-17(14)24/h1-11,29H,12-13H2/t22-/m1/s1. The zero-order valence-corrected chi connectivity index (χ0v) is 16.7. The van der Waals surface area contributed by atoms with E-state index in [-0.39, 0.29) is 12.2 Å². The fourth-order valence-corrected chi connectivity index (χ4v) is 3.87. The van der Waals surface area contributed by atoms with Gasteiger partial charge in [0.15, 0.2) is 11.4 Å². The number of rotatable bonds is 5. The monoisotopic (exact) mass is 426 g/mol. The van der Waals surface area contributed by atoms with Crippen LogP contribution < -0.4 is 4.90 Å². The van der Waals surface area contributed by atoms with Gasteiger partial charge in [0.05, 0.1) is 18.7 Å². The number of Topliss-reactive ketones (excluding diaryl/α,β-unsaturated/α-hetero) is 1. The highest BCUT2D eigenvalue weighted by molar-refractivity contribution is 6.31. The first-order valence-electron chi connectivity index (χ1n) is 8.92. The van der Waals surface area contributed by atoms with Crippen molar-refractivity contribution in [1.29, 1.82) is 0 Å². The van der Waals surface area contributed by atoms with Gasteiger partial charge in [0, 0.05) is 21.8 Å². The Bertz CT molecular complexity index is 1100. The number of aromatic nitrogens is 1. The lowest BCUT2D eigenvalue weighted by molar-refractivity contribution is -0.136. The van der Waals surface area contributed by atoms with Crippen LogP contribution in [0.25, 0.3) is 0 Å². The van der Waals surface area contributed by atoms with Gasteiger partial charge in [0.25, 0.3) is 5.91 Å². The highest BCUT2D eigenvalue weighted by Crippen LogP contribution is 2.45. The van der Waals surface area contributed by atoms with Gasteiger partial charge in [-0.1, -0.05) is 47.5 Å². The summed E-state index contributed by atoms with van der Waals surface area (Å²) < 4.78 is 0. The van der Waals surface area contributed by atoms with Crippen molar-refractivity contribution in [3.05, 3.63) is 93.7 Å². The van der Waals surface area contributed by atoms with E-state index in [2.05, 4.69) is 4.98 Å². The number of carbonyl (C=O) groups excluding carboxylic acids is 2. The predicted molar refractivity (Wildman–Crippen MR) is 111 cm³/mol. The Morgan fingerprint density at radius 2 is 1.83 bits per heavy atom. The number of amides is 1. The molecule has 0 saturated heterocycles. The van der Waals surface area contributed by atoms with Gasteiger partial charge in [-0.3, -0.25) is 14.6 Å². The SMILES string of the molecule is O=C(C[C@]1(O)C(=O)N(Cc2ccccc2Cl)c2ccc(Cl)cc21)c1ccccn1. The van der Waals surface area contributed by atoms with Crippen LogP contribution in [0.15, 0.2) is 66.9 Å². The summed E-state index contributed by atoms with van der Waals surface area (Å²) in [5.74, 6) is -1.04. The summed E-state index contributed by atoms with van der Waals surface area (Å²) in [5, 5.41) is 12.2. The third kappa shape index (κ3) is 3.53. The quantitative estimate of drug-likeness (QED) is 0.613. The van der Waals surface area contributed by atoms with Crippen LogP contribution in [0.5, 0.6) is 0 Å². The number of anilines is 1. The molecule has 2 aromatic carbocycles. The molecule has 4 rings (SSSR count). The molecule has 7 heteroatoms. The molecule has 2 heterocycles. The van der Waals surface area contributed by atoms with Crippen LogP contribution in [-0.4, -0.2) is 21.8 Å². The Balaban J connectivity index is 1.73. The summed E-state index contributed by atoms with van der Waals surface area (Å²) in [6, 6.07) is 16.9. The van der Waals surface area contributed by atoms with Crippen molar-refractivity contribution in [2.24, 2.45) is 0 Å². The minimum absolute atomic E-state index is 0.160. The van der Waals surface area contributed by atoms with Crippen LogP contribution in [0.1, 0.15) is 28.0 Å². The molecule has 1 aliphatic rings. The second-order valence-corrected chi connectivity index (χ2v) is 7.66. The van der Waals surface area contributed by atoms with Crippen molar-refractivity contribution >= 4 is 40.6 Å². The van der Waals surface area contributed by atoms with E-state index < -0.39 is 23.7 Å². The molecule has 0 saturated carbocycles. The van der Waals surface area contributed by atoms with Gasteiger partial charge in [-0.05, 0) is 42.0 Å². The van der Waals surface area contributed by atoms with Crippen molar-refractivity contribution < 1.29 is 14.7 Å². The van der Waals surface area contributed by atoms with E-state index in [9.17, 15) is 14.7 Å². The molecule has 0 fully saturated rings. The zero-order valence-electron chi connectivity index (χ0n) is 15.2. The Kier molecular flexibility index (Phi) is 5.13. The molecule has 0 radical (unpaired) electrons. The number of nitrogens with zero attached hydrogens (tertiary/aromatic N) is 2. The van der Waals surface area contributed by atoms with Crippen molar-refractivity contribution in [2.75, 3.05) is 4.90 Å². The number of halogens is 2. The molecule has 29 heavy (non-hydrogen) atoms. The molecular formula is C22H16Cl2N2O3. The van der Waals surface area contributed by atoms with Gasteiger partial charge in [-0.25, -0.2) is 0 Å². The third-order valence-electron chi connectivity index (χ3n) is 4.95. The van der Waals surface area contributed by atoms with Gasteiger partial charge < -0.3 is 10.0 Å². The number of aliphatic hydroxyl groups is 1.